The number of aromatic nitrogens is 3. The molecule has 0 radical (unpaired) electrons. The van der Waals surface area contributed by atoms with Gasteiger partial charge in [0, 0.05) is 19.3 Å². The van der Waals surface area contributed by atoms with E-state index < -0.39 is 0 Å². The van der Waals surface area contributed by atoms with Crippen LogP contribution in [-0.2, 0) is 0 Å². The average Bonchev–Trinajstić information content (AvgIpc) is 3.06. The van der Waals surface area contributed by atoms with Crippen molar-refractivity contribution >= 4 is 22.6 Å². The molecule has 0 amide bonds. The molecule has 4 heteroatoms. The minimum Gasteiger partial charge on any atom is -0.356 e. The van der Waals surface area contributed by atoms with Crippen molar-refractivity contribution in [2.75, 3.05) is 18.0 Å². The molecule has 2 aromatic heterocycles. The molecule has 4 nitrogen and oxygen atoms in total. The Morgan fingerprint density at radius 3 is 2.40 bits per heavy atom. The molecule has 124 valence electrons. The second kappa shape index (κ2) is 5.88. The van der Waals surface area contributed by atoms with Crippen molar-refractivity contribution in [1.82, 2.24) is 14.4 Å². The lowest BCUT2D eigenvalue weighted by atomic mass is 9.89. The summed E-state index contributed by atoms with van der Waals surface area (Å²) in [6, 6.07) is 21.2. The number of benzene rings is 2. The van der Waals surface area contributed by atoms with Gasteiger partial charge in [-0.05, 0) is 42.5 Å². The third kappa shape index (κ3) is 2.54. The van der Waals surface area contributed by atoms with Crippen molar-refractivity contribution in [2.45, 2.75) is 18.8 Å². The van der Waals surface area contributed by atoms with Crippen LogP contribution in [0.3, 0.4) is 0 Å². The van der Waals surface area contributed by atoms with E-state index in [1.165, 1.54) is 18.4 Å². The normalized spacial score (nSPS) is 15.9. The van der Waals surface area contributed by atoms with Crippen LogP contribution in [0.2, 0.25) is 0 Å². The molecule has 4 aromatic rings. The zero-order chi connectivity index (χ0) is 16.6. The van der Waals surface area contributed by atoms with Gasteiger partial charge < -0.3 is 4.90 Å². The summed E-state index contributed by atoms with van der Waals surface area (Å²) >= 11 is 0. The molecule has 0 aliphatic carbocycles. The lowest BCUT2D eigenvalue weighted by Crippen LogP contribution is -2.33. The van der Waals surface area contributed by atoms with Gasteiger partial charge in [0.25, 0.3) is 0 Å². The van der Waals surface area contributed by atoms with Gasteiger partial charge in [0.05, 0.1) is 11.0 Å². The zero-order valence-corrected chi connectivity index (χ0v) is 14.0. The van der Waals surface area contributed by atoms with E-state index in [4.69, 9.17) is 4.98 Å². The zero-order valence-electron chi connectivity index (χ0n) is 14.0. The molecular weight excluding hydrogens is 308 g/mol. The average molecular weight is 328 g/mol. The van der Waals surface area contributed by atoms with Gasteiger partial charge in [0.2, 0.25) is 5.78 Å². The van der Waals surface area contributed by atoms with Crippen LogP contribution in [0.1, 0.15) is 24.3 Å². The summed E-state index contributed by atoms with van der Waals surface area (Å²) in [5.41, 5.74) is 3.57. The second-order valence-corrected chi connectivity index (χ2v) is 6.73. The summed E-state index contributed by atoms with van der Waals surface area (Å²) < 4.78 is 2.07. The molecule has 0 bridgehead atoms. The largest absolute Gasteiger partial charge is 0.356 e. The van der Waals surface area contributed by atoms with Gasteiger partial charge in [-0.25, -0.2) is 4.98 Å². The quantitative estimate of drug-likeness (QED) is 0.551. The highest BCUT2D eigenvalue weighted by molar-refractivity contribution is 5.79. The summed E-state index contributed by atoms with van der Waals surface area (Å²) in [4.78, 5) is 11.9. The van der Waals surface area contributed by atoms with Gasteiger partial charge in [0.15, 0.2) is 0 Å². The number of para-hydroxylation sites is 2. The van der Waals surface area contributed by atoms with Crippen LogP contribution < -0.4 is 4.90 Å². The summed E-state index contributed by atoms with van der Waals surface area (Å²) in [6.07, 6.45) is 4.44. The predicted molar refractivity (Wildman–Crippen MR) is 101 cm³/mol. The molecule has 0 N–H and O–H groups in total. The Kier molecular flexibility index (Phi) is 3.40. The van der Waals surface area contributed by atoms with Crippen LogP contribution in [0.4, 0.5) is 5.82 Å². The Morgan fingerprint density at radius 1 is 0.800 bits per heavy atom. The second-order valence-electron chi connectivity index (χ2n) is 6.73. The van der Waals surface area contributed by atoms with E-state index in [0.717, 1.165) is 35.7 Å². The van der Waals surface area contributed by atoms with E-state index in [1.807, 2.05) is 18.2 Å². The highest BCUT2D eigenvalue weighted by atomic mass is 15.2. The molecule has 3 heterocycles. The predicted octanol–water partition coefficient (Wildman–Crippen LogP) is 4.27. The van der Waals surface area contributed by atoms with Gasteiger partial charge in [-0.3, -0.25) is 4.40 Å². The topological polar surface area (TPSA) is 33.4 Å². The number of piperidine rings is 1. The van der Waals surface area contributed by atoms with Crippen molar-refractivity contribution in [1.29, 1.82) is 0 Å². The molecule has 0 saturated carbocycles. The standard InChI is InChI=1S/C21H20N4/c1-2-6-16(7-3-1)17-10-13-24(14-11-17)20-12-15-25-19-9-5-4-8-18(19)22-21(25)23-20/h1-9,12,15,17H,10-11,13-14H2. The molecule has 2 aromatic carbocycles. The van der Waals surface area contributed by atoms with Crippen LogP contribution in [0.25, 0.3) is 16.8 Å². The van der Waals surface area contributed by atoms with Crippen molar-refractivity contribution in [3.05, 3.63) is 72.4 Å². The van der Waals surface area contributed by atoms with Gasteiger partial charge in [0.1, 0.15) is 5.82 Å². The summed E-state index contributed by atoms with van der Waals surface area (Å²) in [5.74, 6) is 2.48. The molecule has 5 rings (SSSR count). The molecule has 1 aliphatic rings. The summed E-state index contributed by atoms with van der Waals surface area (Å²) in [6.45, 7) is 2.09. The summed E-state index contributed by atoms with van der Waals surface area (Å²) in [7, 11) is 0. The first-order chi connectivity index (χ1) is 12.4. The van der Waals surface area contributed by atoms with Crippen molar-refractivity contribution in [3.63, 3.8) is 0 Å². The van der Waals surface area contributed by atoms with Crippen molar-refractivity contribution < 1.29 is 0 Å². The van der Waals surface area contributed by atoms with Crippen molar-refractivity contribution in [2.24, 2.45) is 0 Å². The number of hydrogen-bond donors (Lipinski definition) is 0. The lowest BCUT2D eigenvalue weighted by molar-refractivity contribution is 0.503. The molecule has 1 fully saturated rings. The Morgan fingerprint density at radius 2 is 1.56 bits per heavy atom. The molecule has 0 spiro atoms. The fraction of sp³-hybridized carbons (Fsp3) is 0.238. The smallest absolute Gasteiger partial charge is 0.236 e. The SMILES string of the molecule is c1ccc(C2CCN(c3ccn4c(n3)nc3ccccc34)CC2)cc1. The Balaban J connectivity index is 1.40. The minimum absolute atomic E-state index is 0.662. The first kappa shape index (κ1) is 14.5. The summed E-state index contributed by atoms with van der Waals surface area (Å²) in [5, 5.41) is 0. The van der Waals surface area contributed by atoms with Crippen LogP contribution in [0, 0.1) is 0 Å². The number of anilines is 1. The van der Waals surface area contributed by atoms with E-state index in [0.29, 0.717) is 5.92 Å². The van der Waals surface area contributed by atoms with Gasteiger partial charge in [-0.2, -0.15) is 4.98 Å². The molecule has 0 atom stereocenters. The molecule has 25 heavy (non-hydrogen) atoms. The monoisotopic (exact) mass is 328 g/mol. The maximum atomic E-state index is 4.81. The number of nitrogens with zero attached hydrogens (tertiary/aromatic N) is 4. The van der Waals surface area contributed by atoms with E-state index in [2.05, 4.69) is 62.9 Å². The molecular formula is C21H20N4. The first-order valence-electron chi connectivity index (χ1n) is 8.92. The lowest BCUT2D eigenvalue weighted by Gasteiger charge is -2.33. The Hall–Kier alpha value is -2.88. The van der Waals surface area contributed by atoms with Crippen LogP contribution in [0.15, 0.2) is 66.9 Å². The Bertz CT molecular complexity index is 1010. The fourth-order valence-corrected chi connectivity index (χ4v) is 3.88. The van der Waals surface area contributed by atoms with Crippen molar-refractivity contribution in [3.8, 4) is 0 Å². The number of imidazole rings is 1. The number of rotatable bonds is 2. The highest BCUT2D eigenvalue weighted by Gasteiger charge is 2.21. The maximum Gasteiger partial charge on any atom is 0.236 e. The van der Waals surface area contributed by atoms with E-state index >= 15 is 0 Å². The minimum atomic E-state index is 0.662. The molecule has 1 saturated heterocycles. The fourth-order valence-electron chi connectivity index (χ4n) is 3.88. The van der Waals surface area contributed by atoms with Gasteiger partial charge in [-0.1, -0.05) is 42.5 Å². The van der Waals surface area contributed by atoms with Crippen LogP contribution in [0.5, 0.6) is 0 Å². The van der Waals surface area contributed by atoms with Gasteiger partial charge >= 0.3 is 0 Å². The third-order valence-electron chi connectivity index (χ3n) is 5.25. The molecule has 0 unspecified atom stereocenters. The highest BCUT2D eigenvalue weighted by Crippen LogP contribution is 2.30. The third-order valence-corrected chi connectivity index (χ3v) is 5.25. The number of fused-ring (bicyclic) bond motifs is 3. The van der Waals surface area contributed by atoms with Gasteiger partial charge in [-0.15, -0.1) is 0 Å². The Labute approximate surface area is 146 Å². The van der Waals surface area contributed by atoms with E-state index in [1.54, 1.807) is 0 Å². The van der Waals surface area contributed by atoms with E-state index in [9.17, 15) is 0 Å². The molecule has 1 aliphatic heterocycles. The van der Waals surface area contributed by atoms with Crippen LogP contribution in [-0.4, -0.2) is 27.5 Å². The maximum absolute atomic E-state index is 4.81. The first-order valence-corrected chi connectivity index (χ1v) is 8.92. The van der Waals surface area contributed by atoms with Crippen LogP contribution >= 0.6 is 0 Å². The van der Waals surface area contributed by atoms with E-state index in [-0.39, 0.29) is 0 Å². The number of hydrogen-bond acceptors (Lipinski definition) is 3.